The molecule has 0 saturated carbocycles. The van der Waals surface area contributed by atoms with Gasteiger partial charge in [-0.3, -0.25) is 4.79 Å². The number of hydrogen-bond donors (Lipinski definition) is 0. The SMILES string of the molecule is Cc1ccc2n1CCN(C(=O)CBr)C2C. The van der Waals surface area contributed by atoms with Crippen LogP contribution in [0.1, 0.15) is 24.4 Å². The summed E-state index contributed by atoms with van der Waals surface area (Å²) in [5, 5.41) is 0.414. The van der Waals surface area contributed by atoms with Crippen molar-refractivity contribution < 1.29 is 4.79 Å². The first-order valence-electron chi connectivity index (χ1n) is 5.16. The third-order valence-electron chi connectivity index (χ3n) is 3.13. The monoisotopic (exact) mass is 270 g/mol. The highest BCUT2D eigenvalue weighted by atomic mass is 79.9. The van der Waals surface area contributed by atoms with Crippen molar-refractivity contribution in [3.63, 3.8) is 0 Å². The maximum atomic E-state index is 11.7. The number of halogens is 1. The predicted molar refractivity (Wildman–Crippen MR) is 63.1 cm³/mol. The van der Waals surface area contributed by atoms with Gasteiger partial charge in [0.2, 0.25) is 5.91 Å². The number of nitrogens with zero attached hydrogens (tertiary/aromatic N) is 2. The average Bonchev–Trinajstić information content (AvgIpc) is 2.61. The topological polar surface area (TPSA) is 25.2 Å². The molecule has 0 bridgehead atoms. The van der Waals surface area contributed by atoms with Gasteiger partial charge in [0.05, 0.1) is 11.4 Å². The van der Waals surface area contributed by atoms with Crippen molar-refractivity contribution in [2.45, 2.75) is 26.4 Å². The minimum absolute atomic E-state index is 0.174. The van der Waals surface area contributed by atoms with Crippen LogP contribution in [0, 0.1) is 6.92 Å². The minimum Gasteiger partial charge on any atom is -0.345 e. The highest BCUT2D eigenvalue weighted by Gasteiger charge is 2.27. The first kappa shape index (κ1) is 10.7. The van der Waals surface area contributed by atoms with E-state index in [0.717, 1.165) is 13.1 Å². The summed E-state index contributed by atoms with van der Waals surface area (Å²) in [6.07, 6.45) is 0. The van der Waals surface area contributed by atoms with Gasteiger partial charge >= 0.3 is 0 Å². The number of fused-ring (bicyclic) bond motifs is 1. The summed E-state index contributed by atoms with van der Waals surface area (Å²) < 4.78 is 2.29. The van der Waals surface area contributed by atoms with Crippen LogP contribution in [0.2, 0.25) is 0 Å². The van der Waals surface area contributed by atoms with Gasteiger partial charge in [-0.15, -0.1) is 0 Å². The van der Waals surface area contributed by atoms with Gasteiger partial charge in [0.1, 0.15) is 0 Å². The van der Waals surface area contributed by atoms with Gasteiger partial charge in [0, 0.05) is 24.5 Å². The summed E-state index contributed by atoms with van der Waals surface area (Å²) in [5.74, 6) is 0.174. The van der Waals surface area contributed by atoms with Gasteiger partial charge in [-0.2, -0.15) is 0 Å². The summed E-state index contributed by atoms with van der Waals surface area (Å²) in [6, 6.07) is 4.43. The van der Waals surface area contributed by atoms with Gasteiger partial charge in [-0.25, -0.2) is 0 Å². The molecule has 0 saturated heterocycles. The molecule has 0 fully saturated rings. The second-order valence-corrected chi connectivity index (χ2v) is 4.51. The summed E-state index contributed by atoms with van der Waals surface area (Å²) in [4.78, 5) is 13.6. The molecule has 1 atom stereocenters. The quantitative estimate of drug-likeness (QED) is 0.718. The maximum Gasteiger partial charge on any atom is 0.233 e. The lowest BCUT2D eigenvalue weighted by Gasteiger charge is -2.35. The minimum atomic E-state index is 0.174. The molecule has 0 spiro atoms. The normalized spacial score (nSPS) is 20.2. The van der Waals surface area contributed by atoms with Crippen molar-refractivity contribution in [1.29, 1.82) is 0 Å². The predicted octanol–water partition coefficient (Wildman–Crippen LogP) is 2.09. The summed E-state index contributed by atoms with van der Waals surface area (Å²) >= 11 is 3.22. The second-order valence-electron chi connectivity index (χ2n) is 3.95. The van der Waals surface area contributed by atoms with E-state index in [0.29, 0.717) is 5.33 Å². The van der Waals surface area contributed by atoms with Crippen molar-refractivity contribution in [3.8, 4) is 0 Å². The van der Waals surface area contributed by atoms with Gasteiger partial charge < -0.3 is 9.47 Å². The Balaban J connectivity index is 2.30. The Labute approximate surface area is 98.2 Å². The van der Waals surface area contributed by atoms with Gasteiger partial charge in [0.25, 0.3) is 0 Å². The number of carbonyl (C=O) groups is 1. The molecule has 0 N–H and O–H groups in total. The first-order chi connectivity index (χ1) is 7.15. The molecule has 1 aliphatic rings. The van der Waals surface area contributed by atoms with E-state index < -0.39 is 0 Å². The third-order valence-corrected chi connectivity index (χ3v) is 3.61. The van der Waals surface area contributed by atoms with Crippen LogP contribution >= 0.6 is 15.9 Å². The zero-order chi connectivity index (χ0) is 11.0. The molecule has 2 heterocycles. The molecular formula is C11H15BrN2O. The van der Waals surface area contributed by atoms with E-state index in [1.165, 1.54) is 11.4 Å². The van der Waals surface area contributed by atoms with E-state index in [-0.39, 0.29) is 11.9 Å². The Bertz CT molecular complexity index is 386. The van der Waals surface area contributed by atoms with Crippen LogP contribution in [-0.2, 0) is 11.3 Å². The largest absolute Gasteiger partial charge is 0.345 e. The van der Waals surface area contributed by atoms with Crippen molar-refractivity contribution in [2.24, 2.45) is 0 Å². The highest BCUT2D eigenvalue weighted by molar-refractivity contribution is 9.09. The molecule has 1 amide bonds. The van der Waals surface area contributed by atoms with Gasteiger partial charge in [-0.05, 0) is 26.0 Å². The number of hydrogen-bond acceptors (Lipinski definition) is 1. The lowest BCUT2D eigenvalue weighted by molar-refractivity contribution is -0.131. The van der Waals surface area contributed by atoms with Gasteiger partial charge in [0.15, 0.2) is 0 Å². The molecule has 3 nitrogen and oxygen atoms in total. The Kier molecular flexibility index (Phi) is 2.87. The van der Waals surface area contributed by atoms with Gasteiger partial charge in [-0.1, -0.05) is 15.9 Å². The molecule has 0 aromatic carbocycles. The molecule has 82 valence electrons. The molecule has 1 aliphatic heterocycles. The Morgan fingerprint density at radius 1 is 1.53 bits per heavy atom. The number of amides is 1. The van der Waals surface area contributed by atoms with Crippen LogP contribution in [0.25, 0.3) is 0 Å². The van der Waals surface area contributed by atoms with Crippen molar-refractivity contribution >= 4 is 21.8 Å². The molecular weight excluding hydrogens is 256 g/mol. The molecule has 1 aromatic rings. The number of aromatic nitrogens is 1. The fourth-order valence-electron chi connectivity index (χ4n) is 2.24. The van der Waals surface area contributed by atoms with Crippen LogP contribution in [0.5, 0.6) is 0 Å². The first-order valence-corrected chi connectivity index (χ1v) is 6.28. The zero-order valence-electron chi connectivity index (χ0n) is 9.03. The van der Waals surface area contributed by atoms with E-state index in [4.69, 9.17) is 0 Å². The molecule has 15 heavy (non-hydrogen) atoms. The Morgan fingerprint density at radius 3 is 2.93 bits per heavy atom. The summed E-state index contributed by atoms with van der Waals surface area (Å²) in [5.41, 5.74) is 2.52. The fourth-order valence-corrected chi connectivity index (χ4v) is 2.56. The van der Waals surface area contributed by atoms with Crippen molar-refractivity contribution in [2.75, 3.05) is 11.9 Å². The summed E-state index contributed by atoms with van der Waals surface area (Å²) in [6.45, 7) is 5.93. The van der Waals surface area contributed by atoms with Crippen molar-refractivity contribution in [1.82, 2.24) is 9.47 Å². The van der Waals surface area contributed by atoms with Crippen LogP contribution in [-0.4, -0.2) is 27.2 Å². The second kappa shape index (κ2) is 4.00. The van der Waals surface area contributed by atoms with Crippen LogP contribution in [0.15, 0.2) is 12.1 Å². The fraction of sp³-hybridized carbons (Fsp3) is 0.545. The van der Waals surface area contributed by atoms with Crippen LogP contribution in [0.4, 0.5) is 0 Å². The van der Waals surface area contributed by atoms with E-state index in [9.17, 15) is 4.79 Å². The lowest BCUT2D eigenvalue weighted by Crippen LogP contribution is -2.41. The number of alkyl halides is 1. The third kappa shape index (κ3) is 1.71. The van der Waals surface area contributed by atoms with E-state index >= 15 is 0 Å². The highest BCUT2D eigenvalue weighted by Crippen LogP contribution is 2.27. The lowest BCUT2D eigenvalue weighted by atomic mass is 10.1. The van der Waals surface area contributed by atoms with E-state index in [1.54, 1.807) is 0 Å². The number of rotatable bonds is 1. The Hall–Kier alpha value is -0.770. The van der Waals surface area contributed by atoms with E-state index in [2.05, 4.69) is 46.5 Å². The molecule has 1 unspecified atom stereocenters. The number of aryl methyl sites for hydroxylation is 1. The maximum absolute atomic E-state index is 11.7. The standard InChI is InChI=1S/C11H15BrN2O/c1-8-3-4-10-9(2)14(11(15)7-12)6-5-13(8)10/h3-4,9H,5-7H2,1-2H3. The van der Waals surface area contributed by atoms with Crippen LogP contribution in [0.3, 0.4) is 0 Å². The molecule has 2 rings (SSSR count). The molecule has 4 heteroatoms. The molecule has 0 aliphatic carbocycles. The van der Waals surface area contributed by atoms with Crippen LogP contribution < -0.4 is 0 Å². The van der Waals surface area contributed by atoms with Crippen molar-refractivity contribution in [3.05, 3.63) is 23.5 Å². The average molecular weight is 271 g/mol. The molecule has 1 aromatic heterocycles. The smallest absolute Gasteiger partial charge is 0.233 e. The Morgan fingerprint density at radius 2 is 2.27 bits per heavy atom. The summed E-state index contributed by atoms with van der Waals surface area (Å²) in [7, 11) is 0. The van der Waals surface area contributed by atoms with E-state index in [1.807, 2.05) is 4.90 Å². The molecule has 0 radical (unpaired) electrons. The number of carbonyl (C=O) groups excluding carboxylic acids is 1. The zero-order valence-corrected chi connectivity index (χ0v) is 10.6.